The summed E-state index contributed by atoms with van der Waals surface area (Å²) in [7, 11) is 1.32. The number of esters is 1. The number of rotatable bonds is 5. The number of hydrogen-bond donors (Lipinski definition) is 1. The molecule has 9 heteroatoms. The molecule has 0 aliphatic carbocycles. The number of nitrogen functional groups attached to an aromatic ring is 1. The highest BCUT2D eigenvalue weighted by atomic mass is 32.2. The van der Waals surface area contributed by atoms with Gasteiger partial charge in [-0.3, -0.25) is 14.2 Å². The molecule has 1 aromatic rings. The van der Waals surface area contributed by atoms with Gasteiger partial charge in [-0.2, -0.15) is 0 Å². The molecule has 0 spiro atoms. The lowest BCUT2D eigenvalue weighted by molar-refractivity contribution is -0.137. The predicted octanol–water partition coefficient (Wildman–Crippen LogP) is 0.309. The van der Waals surface area contributed by atoms with Crippen LogP contribution in [0.5, 0.6) is 0 Å². The van der Waals surface area contributed by atoms with Crippen molar-refractivity contribution in [2.45, 2.75) is 31.0 Å². The van der Waals surface area contributed by atoms with Crippen LogP contribution in [0.1, 0.15) is 25.8 Å². The first-order valence-electron chi connectivity index (χ1n) is 6.73. The van der Waals surface area contributed by atoms with E-state index in [1.54, 1.807) is 11.5 Å². The number of nitrogens with zero attached hydrogens (tertiary/aromatic N) is 4. The fraction of sp³-hybridized carbons (Fsp3) is 0.667. The molecule has 1 fully saturated rings. The van der Waals surface area contributed by atoms with Gasteiger partial charge in [0.25, 0.3) is 0 Å². The highest BCUT2D eigenvalue weighted by molar-refractivity contribution is 7.99. The monoisotopic (exact) mass is 313 g/mol. The van der Waals surface area contributed by atoms with Crippen LogP contribution in [0.4, 0.5) is 5.95 Å². The first-order chi connectivity index (χ1) is 10.0. The van der Waals surface area contributed by atoms with E-state index in [1.165, 1.54) is 7.11 Å². The van der Waals surface area contributed by atoms with Crippen LogP contribution < -0.4 is 5.73 Å². The smallest absolute Gasteiger partial charge is 0.316 e. The molecule has 1 aromatic heterocycles. The number of anilines is 1. The van der Waals surface area contributed by atoms with Crippen molar-refractivity contribution in [1.29, 1.82) is 0 Å². The van der Waals surface area contributed by atoms with Crippen molar-refractivity contribution in [2.24, 2.45) is 0 Å². The SMILES string of the molecule is COC(=O)CSc1nnc(N)n1C(C)C(=O)N1CCCC1. The lowest BCUT2D eigenvalue weighted by atomic mass is 10.3. The normalized spacial score (nSPS) is 16.0. The molecular weight excluding hydrogens is 294 g/mol. The van der Waals surface area contributed by atoms with Crippen molar-refractivity contribution in [3.8, 4) is 0 Å². The lowest BCUT2D eigenvalue weighted by Gasteiger charge is -2.22. The Labute approximate surface area is 127 Å². The van der Waals surface area contributed by atoms with Crippen molar-refractivity contribution < 1.29 is 14.3 Å². The molecule has 1 atom stereocenters. The van der Waals surface area contributed by atoms with Crippen molar-refractivity contribution in [3.63, 3.8) is 0 Å². The Morgan fingerprint density at radius 1 is 1.38 bits per heavy atom. The lowest BCUT2D eigenvalue weighted by Crippen LogP contribution is -2.34. The van der Waals surface area contributed by atoms with E-state index in [4.69, 9.17) is 5.73 Å². The van der Waals surface area contributed by atoms with Gasteiger partial charge in [-0.15, -0.1) is 10.2 Å². The molecule has 0 aromatic carbocycles. The second kappa shape index (κ2) is 6.79. The third kappa shape index (κ3) is 3.46. The highest BCUT2D eigenvalue weighted by Crippen LogP contribution is 2.25. The molecule has 2 rings (SSSR count). The van der Waals surface area contributed by atoms with Crippen molar-refractivity contribution >= 4 is 29.6 Å². The van der Waals surface area contributed by atoms with E-state index in [0.717, 1.165) is 37.7 Å². The molecule has 1 aliphatic heterocycles. The van der Waals surface area contributed by atoms with Gasteiger partial charge >= 0.3 is 5.97 Å². The Kier molecular flexibility index (Phi) is 5.05. The fourth-order valence-electron chi connectivity index (χ4n) is 2.25. The molecule has 0 bridgehead atoms. The number of methoxy groups -OCH3 is 1. The average molecular weight is 313 g/mol. The summed E-state index contributed by atoms with van der Waals surface area (Å²) in [5.41, 5.74) is 5.81. The zero-order valence-corrected chi connectivity index (χ0v) is 12.9. The average Bonchev–Trinajstić information content (AvgIpc) is 3.13. The van der Waals surface area contributed by atoms with Gasteiger partial charge in [0.05, 0.1) is 12.9 Å². The van der Waals surface area contributed by atoms with E-state index in [1.807, 2.05) is 4.90 Å². The molecule has 1 amide bonds. The van der Waals surface area contributed by atoms with E-state index >= 15 is 0 Å². The number of amides is 1. The maximum Gasteiger partial charge on any atom is 0.316 e. The number of likely N-dealkylation sites (tertiary alicyclic amines) is 1. The van der Waals surface area contributed by atoms with Crippen LogP contribution in [0.25, 0.3) is 0 Å². The van der Waals surface area contributed by atoms with Gasteiger partial charge in [0.15, 0.2) is 5.16 Å². The van der Waals surface area contributed by atoms with Crippen LogP contribution >= 0.6 is 11.8 Å². The molecule has 2 N–H and O–H groups in total. The van der Waals surface area contributed by atoms with Crippen molar-refractivity contribution in [3.05, 3.63) is 0 Å². The zero-order chi connectivity index (χ0) is 15.4. The van der Waals surface area contributed by atoms with Gasteiger partial charge in [0, 0.05) is 13.1 Å². The largest absolute Gasteiger partial charge is 0.468 e. The van der Waals surface area contributed by atoms with E-state index < -0.39 is 6.04 Å². The summed E-state index contributed by atoms with van der Waals surface area (Å²) in [5.74, 6) is -0.104. The first-order valence-corrected chi connectivity index (χ1v) is 7.72. The molecular formula is C12H19N5O3S. The Morgan fingerprint density at radius 3 is 2.67 bits per heavy atom. The highest BCUT2D eigenvalue weighted by Gasteiger charge is 2.28. The van der Waals surface area contributed by atoms with Crippen molar-refractivity contribution in [2.75, 3.05) is 31.7 Å². The summed E-state index contributed by atoms with van der Waals surface area (Å²) in [4.78, 5) is 25.5. The van der Waals surface area contributed by atoms with Crippen LogP contribution in [-0.2, 0) is 14.3 Å². The van der Waals surface area contributed by atoms with Crippen LogP contribution in [0.3, 0.4) is 0 Å². The topological polar surface area (TPSA) is 103 Å². The molecule has 2 heterocycles. The Morgan fingerprint density at radius 2 is 2.05 bits per heavy atom. The number of carbonyl (C=O) groups is 2. The van der Waals surface area contributed by atoms with Gasteiger partial charge in [0.1, 0.15) is 6.04 Å². The summed E-state index contributed by atoms with van der Waals surface area (Å²) in [6.45, 7) is 3.31. The van der Waals surface area contributed by atoms with Crippen LogP contribution in [0.15, 0.2) is 5.16 Å². The standard InChI is InChI=1S/C12H19N5O3S/c1-8(10(19)16-5-3-4-6-16)17-11(13)14-15-12(17)21-7-9(18)20-2/h8H,3-7H2,1-2H3,(H2,13,14). The number of carbonyl (C=O) groups excluding carboxylic acids is 2. The Hall–Kier alpha value is -1.77. The van der Waals surface area contributed by atoms with Crippen LogP contribution in [0, 0.1) is 0 Å². The number of ether oxygens (including phenoxy) is 1. The third-order valence-corrected chi connectivity index (χ3v) is 4.32. The minimum atomic E-state index is -0.488. The maximum atomic E-state index is 12.4. The molecule has 116 valence electrons. The summed E-state index contributed by atoms with van der Waals surface area (Å²) < 4.78 is 6.15. The Bertz CT molecular complexity index is 527. The van der Waals surface area contributed by atoms with Gasteiger partial charge in [-0.1, -0.05) is 11.8 Å². The second-order valence-electron chi connectivity index (χ2n) is 4.78. The number of nitrogens with two attached hydrogens (primary N) is 1. The number of aromatic nitrogens is 3. The van der Waals surface area contributed by atoms with Gasteiger partial charge < -0.3 is 15.4 Å². The van der Waals surface area contributed by atoms with Crippen LogP contribution in [0.2, 0.25) is 0 Å². The molecule has 21 heavy (non-hydrogen) atoms. The van der Waals surface area contributed by atoms with E-state index in [0.29, 0.717) is 5.16 Å². The van der Waals surface area contributed by atoms with E-state index in [2.05, 4.69) is 14.9 Å². The molecule has 0 radical (unpaired) electrons. The molecule has 0 saturated carbocycles. The Balaban J connectivity index is 2.12. The summed E-state index contributed by atoms with van der Waals surface area (Å²) >= 11 is 1.15. The predicted molar refractivity (Wildman–Crippen MR) is 77.7 cm³/mol. The van der Waals surface area contributed by atoms with E-state index in [-0.39, 0.29) is 23.6 Å². The summed E-state index contributed by atoms with van der Waals surface area (Å²) in [6, 6.07) is -0.488. The van der Waals surface area contributed by atoms with Gasteiger partial charge in [-0.25, -0.2) is 0 Å². The minimum absolute atomic E-state index is 0.00100. The summed E-state index contributed by atoms with van der Waals surface area (Å²) in [6.07, 6.45) is 2.06. The van der Waals surface area contributed by atoms with Crippen molar-refractivity contribution in [1.82, 2.24) is 19.7 Å². The first kappa shape index (κ1) is 15.6. The molecule has 1 saturated heterocycles. The van der Waals surface area contributed by atoms with Gasteiger partial charge in [-0.05, 0) is 19.8 Å². The minimum Gasteiger partial charge on any atom is -0.468 e. The van der Waals surface area contributed by atoms with Crippen LogP contribution in [-0.4, -0.2) is 57.5 Å². The third-order valence-electron chi connectivity index (χ3n) is 3.40. The van der Waals surface area contributed by atoms with E-state index in [9.17, 15) is 9.59 Å². The maximum absolute atomic E-state index is 12.4. The second-order valence-corrected chi connectivity index (χ2v) is 5.73. The number of thioether (sulfide) groups is 1. The van der Waals surface area contributed by atoms with Gasteiger partial charge in [0.2, 0.25) is 11.9 Å². The zero-order valence-electron chi connectivity index (χ0n) is 12.1. The molecule has 8 nitrogen and oxygen atoms in total. The molecule has 1 aliphatic rings. The summed E-state index contributed by atoms with van der Waals surface area (Å²) in [5, 5.41) is 8.16. The fourth-order valence-corrected chi connectivity index (χ4v) is 3.10. The molecule has 1 unspecified atom stereocenters. The number of hydrogen-bond acceptors (Lipinski definition) is 7. The quantitative estimate of drug-likeness (QED) is 0.616.